The monoisotopic (exact) mass is 311 g/mol. The number of benzene rings is 1. The molecular formula is C18H18FN3O. The smallest absolute Gasteiger partial charge is 0.291 e. The van der Waals surface area contributed by atoms with Gasteiger partial charge in [-0.3, -0.25) is 4.79 Å². The van der Waals surface area contributed by atoms with Crippen LogP contribution >= 0.6 is 0 Å². The molecule has 0 aliphatic rings. The fraction of sp³-hybridized carbons (Fsp3) is 0.278. The van der Waals surface area contributed by atoms with Crippen LogP contribution in [0.2, 0.25) is 0 Å². The number of aromatic nitrogens is 2. The van der Waals surface area contributed by atoms with Crippen LogP contribution in [0.1, 0.15) is 42.5 Å². The first-order valence-corrected chi connectivity index (χ1v) is 7.15. The highest BCUT2D eigenvalue weighted by Gasteiger charge is 2.24. The molecule has 0 saturated heterocycles. The fourth-order valence-corrected chi connectivity index (χ4v) is 1.67. The van der Waals surface area contributed by atoms with Crippen molar-refractivity contribution in [2.75, 3.05) is 7.05 Å². The Labute approximate surface area is 135 Å². The number of rotatable bonds is 1. The Morgan fingerprint density at radius 2 is 1.74 bits per heavy atom. The topological polar surface area (TPSA) is 46.1 Å². The second-order valence-electron chi connectivity index (χ2n) is 6.09. The summed E-state index contributed by atoms with van der Waals surface area (Å²) in [5.41, 5.74) is 0.817. The number of carbonyl (C=O) groups is 1. The first-order chi connectivity index (χ1) is 10.8. The van der Waals surface area contributed by atoms with Gasteiger partial charge in [0.2, 0.25) is 5.82 Å². The second kappa shape index (κ2) is 6.57. The number of carbonyl (C=O) groups excluding carboxylic acids is 1. The number of halogens is 1. The molecular weight excluding hydrogens is 293 g/mol. The summed E-state index contributed by atoms with van der Waals surface area (Å²) in [5, 5.41) is 0. The number of amides is 1. The van der Waals surface area contributed by atoms with Gasteiger partial charge in [0.25, 0.3) is 5.91 Å². The predicted octanol–water partition coefficient (Wildman–Crippen LogP) is 2.89. The molecule has 0 unspecified atom stereocenters. The van der Waals surface area contributed by atoms with Crippen molar-refractivity contribution in [3.05, 3.63) is 59.4 Å². The number of nitrogens with zero attached hydrogens (tertiary/aromatic N) is 3. The van der Waals surface area contributed by atoms with Crippen molar-refractivity contribution in [3.63, 3.8) is 0 Å². The Morgan fingerprint density at radius 3 is 2.30 bits per heavy atom. The third-order valence-electron chi connectivity index (χ3n) is 3.33. The first-order valence-electron chi connectivity index (χ1n) is 7.15. The summed E-state index contributed by atoms with van der Waals surface area (Å²) >= 11 is 0. The molecule has 1 aromatic heterocycles. The van der Waals surface area contributed by atoms with Crippen LogP contribution in [0.25, 0.3) is 0 Å². The van der Waals surface area contributed by atoms with E-state index >= 15 is 0 Å². The summed E-state index contributed by atoms with van der Waals surface area (Å²) < 4.78 is 13.1. The summed E-state index contributed by atoms with van der Waals surface area (Å²) in [6.07, 6.45) is 2.98. The van der Waals surface area contributed by atoms with E-state index in [-0.39, 0.29) is 23.1 Å². The van der Waals surface area contributed by atoms with E-state index in [0.717, 1.165) is 0 Å². The van der Waals surface area contributed by atoms with E-state index in [2.05, 4.69) is 21.8 Å². The van der Waals surface area contributed by atoms with Crippen LogP contribution in [0.4, 0.5) is 4.39 Å². The van der Waals surface area contributed by atoms with Gasteiger partial charge in [-0.15, -0.1) is 0 Å². The zero-order chi connectivity index (χ0) is 17.0. The van der Waals surface area contributed by atoms with Gasteiger partial charge < -0.3 is 4.90 Å². The van der Waals surface area contributed by atoms with E-state index in [1.807, 2.05) is 20.8 Å². The predicted molar refractivity (Wildman–Crippen MR) is 86.3 cm³/mol. The first kappa shape index (κ1) is 16.6. The zero-order valence-corrected chi connectivity index (χ0v) is 13.6. The molecule has 23 heavy (non-hydrogen) atoms. The molecule has 0 spiro atoms. The van der Waals surface area contributed by atoms with Gasteiger partial charge in [-0.2, -0.15) is 0 Å². The Morgan fingerprint density at radius 1 is 1.13 bits per heavy atom. The highest BCUT2D eigenvalue weighted by molar-refractivity contribution is 5.90. The Kier molecular flexibility index (Phi) is 4.75. The molecule has 0 fully saturated rings. The summed E-state index contributed by atoms with van der Waals surface area (Å²) in [5.74, 6) is 5.22. The molecule has 0 atom stereocenters. The molecule has 118 valence electrons. The molecule has 0 aliphatic heterocycles. The average molecular weight is 311 g/mol. The van der Waals surface area contributed by atoms with Crippen molar-refractivity contribution >= 4 is 5.91 Å². The Bertz CT molecular complexity index is 767. The maximum Gasteiger partial charge on any atom is 0.291 e. The van der Waals surface area contributed by atoms with Crippen molar-refractivity contribution in [1.82, 2.24) is 14.9 Å². The van der Waals surface area contributed by atoms with Gasteiger partial charge in [0.15, 0.2) is 0 Å². The Balaban J connectivity index is 2.16. The molecule has 0 bridgehead atoms. The van der Waals surface area contributed by atoms with Crippen molar-refractivity contribution in [2.24, 2.45) is 0 Å². The number of hydrogen-bond donors (Lipinski definition) is 0. The maximum absolute atomic E-state index is 13.1. The van der Waals surface area contributed by atoms with Crippen LogP contribution in [-0.4, -0.2) is 33.4 Å². The molecule has 1 heterocycles. The van der Waals surface area contributed by atoms with Gasteiger partial charge in [0.1, 0.15) is 5.82 Å². The molecule has 2 rings (SSSR count). The van der Waals surface area contributed by atoms with Gasteiger partial charge in [-0.05, 0) is 39.0 Å². The minimum Gasteiger partial charge on any atom is -0.334 e. The van der Waals surface area contributed by atoms with Gasteiger partial charge in [-0.25, -0.2) is 14.4 Å². The lowest BCUT2D eigenvalue weighted by molar-refractivity contribution is 0.0643. The average Bonchev–Trinajstić information content (AvgIpc) is 2.51. The highest BCUT2D eigenvalue weighted by Crippen LogP contribution is 2.12. The zero-order valence-electron chi connectivity index (χ0n) is 13.6. The van der Waals surface area contributed by atoms with Crippen molar-refractivity contribution in [3.8, 4) is 11.8 Å². The molecule has 1 amide bonds. The molecule has 5 heteroatoms. The Hall–Kier alpha value is -2.74. The van der Waals surface area contributed by atoms with Crippen LogP contribution < -0.4 is 0 Å². The molecule has 0 saturated carbocycles. The quantitative estimate of drug-likeness (QED) is 0.761. The van der Waals surface area contributed by atoms with Crippen LogP contribution in [0.5, 0.6) is 0 Å². The molecule has 0 aliphatic carbocycles. The summed E-state index contributed by atoms with van der Waals surface area (Å²) in [7, 11) is 1.71. The molecule has 0 N–H and O–H groups in total. The van der Waals surface area contributed by atoms with Crippen molar-refractivity contribution < 1.29 is 9.18 Å². The van der Waals surface area contributed by atoms with Gasteiger partial charge in [0.05, 0.1) is 5.56 Å². The molecule has 4 nitrogen and oxygen atoms in total. The fourth-order valence-electron chi connectivity index (χ4n) is 1.67. The summed E-state index contributed by atoms with van der Waals surface area (Å²) in [6.45, 7) is 5.80. The third kappa shape index (κ3) is 4.36. The minimum atomic E-state index is -0.334. The lowest BCUT2D eigenvalue weighted by Crippen LogP contribution is -2.43. The van der Waals surface area contributed by atoms with E-state index in [9.17, 15) is 9.18 Å². The van der Waals surface area contributed by atoms with Crippen LogP contribution in [0.15, 0.2) is 36.7 Å². The van der Waals surface area contributed by atoms with Gasteiger partial charge >= 0.3 is 0 Å². The normalized spacial score (nSPS) is 10.7. The van der Waals surface area contributed by atoms with E-state index in [1.54, 1.807) is 24.1 Å². The largest absolute Gasteiger partial charge is 0.334 e. The van der Waals surface area contributed by atoms with E-state index in [0.29, 0.717) is 11.1 Å². The number of hydrogen-bond acceptors (Lipinski definition) is 3. The molecule has 1 aromatic carbocycles. The van der Waals surface area contributed by atoms with Crippen molar-refractivity contribution in [1.29, 1.82) is 0 Å². The highest BCUT2D eigenvalue weighted by atomic mass is 19.1. The third-order valence-corrected chi connectivity index (χ3v) is 3.33. The second-order valence-corrected chi connectivity index (χ2v) is 6.09. The molecule has 2 aromatic rings. The van der Waals surface area contributed by atoms with Crippen molar-refractivity contribution in [2.45, 2.75) is 26.3 Å². The lowest BCUT2D eigenvalue weighted by atomic mass is 10.1. The maximum atomic E-state index is 13.1. The van der Waals surface area contributed by atoms with E-state index in [1.165, 1.54) is 24.5 Å². The van der Waals surface area contributed by atoms with Crippen LogP contribution in [0, 0.1) is 17.7 Å². The van der Waals surface area contributed by atoms with Gasteiger partial charge in [0, 0.05) is 30.5 Å². The minimum absolute atomic E-state index is 0.124. The van der Waals surface area contributed by atoms with E-state index in [4.69, 9.17) is 0 Å². The van der Waals surface area contributed by atoms with Gasteiger partial charge in [-0.1, -0.05) is 17.9 Å². The van der Waals surface area contributed by atoms with Crippen LogP contribution in [0.3, 0.4) is 0 Å². The molecule has 0 radical (unpaired) electrons. The van der Waals surface area contributed by atoms with Crippen LogP contribution in [-0.2, 0) is 0 Å². The standard InChI is InChI=1S/C18H18FN3O/c1-18(2,3)22(4)17(23)16-20-11-14(12-21-16)9-8-13-6-5-7-15(19)10-13/h5-7,10-12H,1-4H3. The summed E-state index contributed by atoms with van der Waals surface area (Å²) in [4.78, 5) is 22.0. The summed E-state index contributed by atoms with van der Waals surface area (Å²) in [6, 6.07) is 6.03. The lowest BCUT2D eigenvalue weighted by Gasteiger charge is -2.31. The van der Waals surface area contributed by atoms with E-state index < -0.39 is 0 Å². The SMILES string of the molecule is CN(C(=O)c1ncc(C#Cc2cccc(F)c2)cn1)C(C)(C)C.